The maximum Gasteiger partial charge on any atom is 0.246 e. The van der Waals surface area contributed by atoms with Gasteiger partial charge in [0.2, 0.25) is 5.91 Å². The number of nitrogens with zero attached hydrogens (tertiary/aromatic N) is 1. The van der Waals surface area contributed by atoms with Crippen LogP contribution in [-0.2, 0) is 14.6 Å². The van der Waals surface area contributed by atoms with Crippen LogP contribution >= 0.6 is 0 Å². The molecule has 1 aromatic rings. The summed E-state index contributed by atoms with van der Waals surface area (Å²) in [6, 6.07) is 5.65. The molecule has 0 aromatic heterocycles. The molecular weight excluding hydrogens is 368 g/mol. The van der Waals surface area contributed by atoms with Gasteiger partial charge >= 0.3 is 0 Å². The minimum atomic E-state index is -2.86. The van der Waals surface area contributed by atoms with E-state index >= 15 is 0 Å². The minimum absolute atomic E-state index is 0.0325. The first-order chi connectivity index (χ1) is 12.9. The van der Waals surface area contributed by atoms with Crippen LogP contribution in [0.15, 0.2) is 24.3 Å². The predicted octanol–water partition coefficient (Wildman–Crippen LogP) is -0.369. The molecule has 7 nitrogen and oxygen atoms in total. The normalized spacial score (nSPS) is 22.9. The average Bonchev–Trinajstić information content (AvgIpc) is 3.05. The summed E-state index contributed by atoms with van der Waals surface area (Å²) in [5.41, 5.74) is 0.833. The van der Waals surface area contributed by atoms with E-state index < -0.39 is 9.84 Å². The van der Waals surface area contributed by atoms with Crippen molar-refractivity contribution in [3.63, 3.8) is 0 Å². The number of piperazine rings is 1. The Morgan fingerprint density at radius 2 is 1.78 bits per heavy atom. The highest BCUT2D eigenvalue weighted by molar-refractivity contribution is 7.91. The quantitative estimate of drug-likeness (QED) is 0.689. The fourth-order valence-electron chi connectivity index (χ4n) is 3.74. The summed E-state index contributed by atoms with van der Waals surface area (Å²) in [6.07, 6.45) is 4.07. The van der Waals surface area contributed by atoms with Crippen molar-refractivity contribution in [2.45, 2.75) is 12.5 Å². The molecule has 2 heterocycles. The molecule has 1 aromatic carbocycles. The van der Waals surface area contributed by atoms with Gasteiger partial charge in [-0.05, 0) is 23.8 Å². The lowest BCUT2D eigenvalue weighted by Crippen LogP contribution is -3.18. The van der Waals surface area contributed by atoms with E-state index in [1.165, 1.54) is 4.90 Å². The lowest BCUT2D eigenvalue weighted by Gasteiger charge is -2.34. The molecule has 0 aliphatic carbocycles. The van der Waals surface area contributed by atoms with Gasteiger partial charge in [-0.1, -0.05) is 0 Å². The Labute approximate surface area is 160 Å². The highest BCUT2D eigenvalue weighted by Crippen LogP contribution is 2.23. The van der Waals surface area contributed by atoms with Crippen LogP contribution in [0.4, 0.5) is 0 Å². The van der Waals surface area contributed by atoms with Crippen molar-refractivity contribution >= 4 is 21.8 Å². The number of carbonyl (C=O) groups excluding carboxylic acids is 1. The second-order valence-electron chi connectivity index (χ2n) is 7.06. The number of ether oxygens (including phenoxy) is 2. The van der Waals surface area contributed by atoms with Crippen molar-refractivity contribution in [3.05, 3.63) is 29.8 Å². The van der Waals surface area contributed by atoms with Crippen LogP contribution in [0.25, 0.3) is 6.08 Å². The second-order valence-corrected chi connectivity index (χ2v) is 9.29. The first kappa shape index (κ1) is 19.7. The number of methoxy groups -OCH3 is 2. The van der Waals surface area contributed by atoms with Crippen LogP contribution < -0.4 is 14.4 Å². The topological polar surface area (TPSA) is 77.4 Å². The van der Waals surface area contributed by atoms with Gasteiger partial charge < -0.3 is 19.3 Å². The number of quaternary nitrogens is 1. The third-order valence-electron chi connectivity index (χ3n) is 5.32. The van der Waals surface area contributed by atoms with E-state index in [9.17, 15) is 13.2 Å². The standard InChI is InChI=1S/C19H26N2O5S/c1-25-17-11-15(12-18(13-17)26-2)3-4-19(22)21-8-6-20(7-9-21)16-5-10-27(23,24)14-16/h3-4,11-13,16H,5-10,14H2,1-2H3/p+1/b4-3+/t16-/m1/s1. The van der Waals surface area contributed by atoms with E-state index in [-0.39, 0.29) is 17.7 Å². The smallest absolute Gasteiger partial charge is 0.246 e. The molecule has 2 aliphatic heterocycles. The van der Waals surface area contributed by atoms with Crippen molar-refractivity contribution < 1.29 is 27.6 Å². The number of hydrogen-bond donors (Lipinski definition) is 1. The molecule has 2 aliphatic rings. The highest BCUT2D eigenvalue weighted by Gasteiger charge is 2.37. The molecule has 0 saturated carbocycles. The molecule has 0 radical (unpaired) electrons. The maximum atomic E-state index is 12.5. The molecule has 0 unspecified atom stereocenters. The zero-order valence-corrected chi connectivity index (χ0v) is 16.6. The molecule has 2 saturated heterocycles. The van der Waals surface area contributed by atoms with Crippen LogP contribution in [0, 0.1) is 0 Å². The molecule has 1 amide bonds. The molecule has 2 fully saturated rings. The zero-order chi connectivity index (χ0) is 19.4. The summed E-state index contributed by atoms with van der Waals surface area (Å²) >= 11 is 0. The number of nitrogens with one attached hydrogen (secondary N) is 1. The van der Waals surface area contributed by atoms with Crippen molar-refractivity contribution in [2.24, 2.45) is 0 Å². The van der Waals surface area contributed by atoms with Crippen LogP contribution in [0.3, 0.4) is 0 Å². The number of hydrogen-bond acceptors (Lipinski definition) is 5. The molecule has 1 atom stereocenters. The largest absolute Gasteiger partial charge is 0.497 e. The van der Waals surface area contributed by atoms with Gasteiger partial charge in [0.05, 0.1) is 46.2 Å². The van der Waals surface area contributed by atoms with Gasteiger partial charge in [0.15, 0.2) is 9.84 Å². The fourth-order valence-corrected chi connectivity index (χ4v) is 5.56. The molecule has 3 rings (SSSR count). The van der Waals surface area contributed by atoms with Crippen LogP contribution in [0.1, 0.15) is 12.0 Å². The van der Waals surface area contributed by atoms with E-state index in [0.29, 0.717) is 30.3 Å². The van der Waals surface area contributed by atoms with Crippen molar-refractivity contribution in [2.75, 3.05) is 51.9 Å². The number of amides is 1. The molecule has 27 heavy (non-hydrogen) atoms. The van der Waals surface area contributed by atoms with Crippen molar-refractivity contribution in [1.82, 2.24) is 4.90 Å². The molecular formula is C19H27N2O5S+. The Hall–Kier alpha value is -2.06. The number of rotatable bonds is 5. The van der Waals surface area contributed by atoms with E-state index in [1.54, 1.807) is 32.4 Å². The van der Waals surface area contributed by atoms with Gasteiger partial charge in [0.1, 0.15) is 23.3 Å². The summed E-state index contributed by atoms with van der Waals surface area (Å²) in [5, 5.41) is 0. The minimum Gasteiger partial charge on any atom is -0.497 e. The summed E-state index contributed by atoms with van der Waals surface area (Å²) in [7, 11) is 0.318. The molecule has 8 heteroatoms. The van der Waals surface area contributed by atoms with Crippen LogP contribution in [0.2, 0.25) is 0 Å². The third kappa shape index (κ3) is 5.01. The first-order valence-corrected chi connectivity index (χ1v) is 11.0. The van der Waals surface area contributed by atoms with Crippen LogP contribution in [-0.4, -0.2) is 77.2 Å². The van der Waals surface area contributed by atoms with Gasteiger partial charge in [-0.25, -0.2) is 8.42 Å². The van der Waals surface area contributed by atoms with E-state index in [4.69, 9.17) is 9.47 Å². The average molecular weight is 396 g/mol. The zero-order valence-electron chi connectivity index (χ0n) is 15.8. The summed E-state index contributed by atoms with van der Waals surface area (Å²) in [5.74, 6) is 1.90. The highest BCUT2D eigenvalue weighted by atomic mass is 32.2. The third-order valence-corrected chi connectivity index (χ3v) is 7.09. The maximum absolute atomic E-state index is 12.5. The number of sulfone groups is 1. The van der Waals surface area contributed by atoms with Gasteiger partial charge in [-0.2, -0.15) is 0 Å². The molecule has 148 valence electrons. The Morgan fingerprint density at radius 3 is 2.30 bits per heavy atom. The monoisotopic (exact) mass is 395 g/mol. The Bertz CT molecular complexity index is 791. The summed E-state index contributed by atoms with van der Waals surface area (Å²) in [6.45, 7) is 2.90. The predicted molar refractivity (Wildman–Crippen MR) is 103 cm³/mol. The summed E-state index contributed by atoms with van der Waals surface area (Å²) in [4.78, 5) is 15.6. The lowest BCUT2D eigenvalue weighted by atomic mass is 10.1. The Morgan fingerprint density at radius 1 is 1.15 bits per heavy atom. The second kappa shape index (κ2) is 8.31. The Kier molecular flexibility index (Phi) is 6.06. The Balaban J connectivity index is 1.56. The van der Waals surface area contributed by atoms with Crippen LogP contribution in [0.5, 0.6) is 11.5 Å². The van der Waals surface area contributed by atoms with Crippen molar-refractivity contribution in [1.29, 1.82) is 0 Å². The van der Waals surface area contributed by atoms with Gasteiger partial charge in [-0.15, -0.1) is 0 Å². The van der Waals surface area contributed by atoms with Gasteiger partial charge in [-0.3, -0.25) is 4.79 Å². The summed E-state index contributed by atoms with van der Waals surface area (Å²) < 4.78 is 33.8. The molecule has 0 spiro atoms. The van der Waals surface area contributed by atoms with E-state index in [1.807, 2.05) is 17.0 Å². The SMILES string of the molecule is COc1cc(/C=C/C(=O)N2CC[NH+]([C@@H]3CCS(=O)(=O)C3)CC2)cc(OC)c1. The van der Waals surface area contributed by atoms with E-state index in [2.05, 4.69) is 0 Å². The van der Waals surface area contributed by atoms with Crippen molar-refractivity contribution in [3.8, 4) is 11.5 Å². The van der Waals surface area contributed by atoms with E-state index in [0.717, 1.165) is 25.1 Å². The molecule has 1 N–H and O–H groups in total. The lowest BCUT2D eigenvalue weighted by molar-refractivity contribution is -0.925. The number of benzene rings is 1. The van der Waals surface area contributed by atoms with Gasteiger partial charge in [0, 0.05) is 18.6 Å². The number of carbonyl (C=O) groups is 1. The fraction of sp³-hybridized carbons (Fsp3) is 0.526. The first-order valence-electron chi connectivity index (χ1n) is 9.15. The van der Waals surface area contributed by atoms with Gasteiger partial charge in [0.25, 0.3) is 0 Å². The molecule has 0 bridgehead atoms.